The molecule has 0 saturated carbocycles. The first-order chi connectivity index (χ1) is 10.1. The van der Waals surface area contributed by atoms with Gasteiger partial charge in [0.1, 0.15) is 17.2 Å². The molecule has 1 heterocycles. The van der Waals surface area contributed by atoms with Gasteiger partial charge in [0.15, 0.2) is 0 Å². The summed E-state index contributed by atoms with van der Waals surface area (Å²) in [5, 5.41) is 2.55. The summed E-state index contributed by atoms with van der Waals surface area (Å²) in [6.45, 7) is 0.0373. The molecule has 0 atom stereocenters. The number of ether oxygens (including phenoxy) is 1. The van der Waals surface area contributed by atoms with Crippen LogP contribution in [0.25, 0.3) is 0 Å². The molecule has 0 fully saturated rings. The van der Waals surface area contributed by atoms with Gasteiger partial charge in [-0.3, -0.25) is 4.79 Å². The molecule has 5 nitrogen and oxygen atoms in total. The highest BCUT2D eigenvalue weighted by atomic mass is 19.1. The van der Waals surface area contributed by atoms with Gasteiger partial charge in [-0.2, -0.15) is 0 Å². The fraction of sp³-hybridized carbons (Fsp3) is 0.133. The number of halogens is 1. The van der Waals surface area contributed by atoms with Crippen molar-refractivity contribution in [3.63, 3.8) is 0 Å². The normalized spacial score (nSPS) is 10.0. The number of methoxy groups -OCH3 is 1. The van der Waals surface area contributed by atoms with E-state index in [1.165, 1.54) is 31.4 Å². The fourth-order valence-corrected chi connectivity index (χ4v) is 1.69. The third-order valence-corrected chi connectivity index (χ3v) is 2.77. The minimum atomic E-state index is -0.626. The predicted molar refractivity (Wildman–Crippen MR) is 73.1 cm³/mol. The Morgan fingerprint density at radius 3 is 2.57 bits per heavy atom. The summed E-state index contributed by atoms with van der Waals surface area (Å²) in [7, 11) is 1.23. The number of hydrogen-bond donors (Lipinski definition) is 1. The summed E-state index contributed by atoms with van der Waals surface area (Å²) in [6.07, 6.45) is 0. The maximum atomic E-state index is 13.4. The van der Waals surface area contributed by atoms with E-state index >= 15 is 0 Å². The van der Waals surface area contributed by atoms with E-state index in [4.69, 9.17) is 0 Å². The molecular formula is C15H13FN2O3. The van der Waals surface area contributed by atoms with Gasteiger partial charge < -0.3 is 10.1 Å². The molecule has 6 heteroatoms. The monoisotopic (exact) mass is 288 g/mol. The van der Waals surface area contributed by atoms with Gasteiger partial charge in [-0.15, -0.1) is 0 Å². The second kappa shape index (κ2) is 6.60. The van der Waals surface area contributed by atoms with Crippen molar-refractivity contribution in [1.29, 1.82) is 0 Å². The van der Waals surface area contributed by atoms with Crippen molar-refractivity contribution in [2.45, 2.75) is 6.54 Å². The van der Waals surface area contributed by atoms with Gasteiger partial charge in [-0.1, -0.05) is 24.3 Å². The molecule has 0 unspecified atom stereocenters. The Bertz CT molecular complexity index is 673. The van der Waals surface area contributed by atoms with Crippen molar-refractivity contribution >= 4 is 11.9 Å². The van der Waals surface area contributed by atoms with E-state index in [0.717, 1.165) is 0 Å². The lowest BCUT2D eigenvalue weighted by Crippen LogP contribution is -2.25. The van der Waals surface area contributed by atoms with Gasteiger partial charge in [-0.05, 0) is 18.2 Å². The number of benzene rings is 1. The Balaban J connectivity index is 2.07. The van der Waals surface area contributed by atoms with Crippen LogP contribution in [-0.4, -0.2) is 24.0 Å². The minimum Gasteiger partial charge on any atom is -0.464 e. The number of rotatable bonds is 4. The first-order valence-corrected chi connectivity index (χ1v) is 6.19. The molecule has 1 aromatic carbocycles. The molecule has 1 aromatic heterocycles. The molecule has 1 N–H and O–H groups in total. The lowest BCUT2D eigenvalue weighted by molar-refractivity contribution is 0.0594. The Labute approximate surface area is 120 Å². The fourth-order valence-electron chi connectivity index (χ4n) is 1.69. The molecule has 0 spiro atoms. The molecule has 2 rings (SSSR count). The van der Waals surface area contributed by atoms with Crippen LogP contribution in [0.1, 0.15) is 26.5 Å². The van der Waals surface area contributed by atoms with Crippen LogP contribution >= 0.6 is 0 Å². The Morgan fingerprint density at radius 2 is 1.86 bits per heavy atom. The second-order valence-electron chi connectivity index (χ2n) is 4.17. The lowest BCUT2D eigenvalue weighted by atomic mass is 10.2. The summed E-state index contributed by atoms with van der Waals surface area (Å²) in [6, 6.07) is 10.6. The van der Waals surface area contributed by atoms with Gasteiger partial charge in [0.05, 0.1) is 7.11 Å². The summed E-state index contributed by atoms with van der Waals surface area (Å²) < 4.78 is 18.0. The number of hydrogen-bond acceptors (Lipinski definition) is 4. The molecule has 21 heavy (non-hydrogen) atoms. The number of nitrogens with zero attached hydrogens (tertiary/aromatic N) is 1. The highest BCUT2D eigenvalue weighted by Gasteiger charge is 2.12. The first kappa shape index (κ1) is 14.6. The van der Waals surface area contributed by atoms with E-state index in [0.29, 0.717) is 5.56 Å². The van der Waals surface area contributed by atoms with E-state index in [1.807, 2.05) is 0 Å². The Hall–Kier alpha value is -2.76. The predicted octanol–water partition coefficient (Wildman–Crippen LogP) is 1.94. The van der Waals surface area contributed by atoms with Crippen molar-refractivity contribution in [3.8, 4) is 0 Å². The first-order valence-electron chi connectivity index (χ1n) is 6.19. The summed E-state index contributed by atoms with van der Waals surface area (Å²) >= 11 is 0. The molecule has 0 aliphatic heterocycles. The van der Waals surface area contributed by atoms with Crippen LogP contribution in [0.3, 0.4) is 0 Å². The highest BCUT2D eigenvalue weighted by Crippen LogP contribution is 2.06. The number of carbonyl (C=O) groups is 2. The number of carbonyl (C=O) groups excluding carboxylic acids is 2. The highest BCUT2D eigenvalue weighted by molar-refractivity contribution is 5.94. The number of pyridine rings is 1. The maximum Gasteiger partial charge on any atom is 0.356 e. The van der Waals surface area contributed by atoms with E-state index in [1.54, 1.807) is 18.2 Å². The van der Waals surface area contributed by atoms with Crippen molar-refractivity contribution < 1.29 is 18.7 Å². The molecule has 1 amide bonds. The van der Waals surface area contributed by atoms with Crippen molar-refractivity contribution in [3.05, 3.63) is 65.2 Å². The zero-order chi connectivity index (χ0) is 15.2. The summed E-state index contributed by atoms with van der Waals surface area (Å²) in [5.41, 5.74) is 0.472. The molecule has 0 radical (unpaired) electrons. The zero-order valence-corrected chi connectivity index (χ0v) is 11.3. The molecule has 2 aromatic rings. The molecular weight excluding hydrogens is 275 g/mol. The van der Waals surface area contributed by atoms with Crippen LogP contribution in [0.15, 0.2) is 42.5 Å². The van der Waals surface area contributed by atoms with Crippen LogP contribution in [0, 0.1) is 5.82 Å². The summed E-state index contributed by atoms with van der Waals surface area (Å²) in [5.74, 6) is -1.52. The quantitative estimate of drug-likeness (QED) is 0.873. The smallest absolute Gasteiger partial charge is 0.356 e. The Kier molecular flexibility index (Phi) is 4.61. The molecule has 0 aliphatic carbocycles. The number of aromatic nitrogens is 1. The van der Waals surface area contributed by atoms with Crippen molar-refractivity contribution in [2.24, 2.45) is 0 Å². The zero-order valence-electron chi connectivity index (χ0n) is 11.3. The molecule has 0 aliphatic rings. The molecule has 108 valence electrons. The SMILES string of the molecule is COC(=O)c1cccc(C(=O)NCc2ccccc2F)n1. The van der Waals surface area contributed by atoms with E-state index in [2.05, 4.69) is 15.0 Å². The number of nitrogens with one attached hydrogen (secondary N) is 1. The lowest BCUT2D eigenvalue weighted by Gasteiger charge is -2.06. The minimum absolute atomic E-state index is 0.0373. The standard InChI is InChI=1S/C15H13FN2O3/c1-21-15(20)13-8-4-7-12(18-13)14(19)17-9-10-5-2-3-6-11(10)16/h2-8H,9H2,1H3,(H,17,19). The average Bonchev–Trinajstić information content (AvgIpc) is 2.53. The summed E-state index contributed by atoms with van der Waals surface area (Å²) in [4.78, 5) is 27.2. The number of esters is 1. The van der Waals surface area contributed by atoms with Gasteiger partial charge in [0.2, 0.25) is 0 Å². The van der Waals surface area contributed by atoms with Gasteiger partial charge in [0.25, 0.3) is 5.91 Å². The van der Waals surface area contributed by atoms with Crippen molar-refractivity contribution in [1.82, 2.24) is 10.3 Å². The second-order valence-corrected chi connectivity index (χ2v) is 4.17. The molecule has 0 saturated heterocycles. The van der Waals surface area contributed by atoms with Crippen LogP contribution in [0.2, 0.25) is 0 Å². The van der Waals surface area contributed by atoms with Gasteiger partial charge >= 0.3 is 5.97 Å². The third kappa shape index (κ3) is 3.62. The van der Waals surface area contributed by atoms with Crippen LogP contribution < -0.4 is 5.32 Å². The van der Waals surface area contributed by atoms with Gasteiger partial charge in [0, 0.05) is 12.1 Å². The van der Waals surface area contributed by atoms with E-state index in [-0.39, 0.29) is 17.9 Å². The molecule has 0 bridgehead atoms. The number of amides is 1. The van der Waals surface area contributed by atoms with Crippen LogP contribution in [0.5, 0.6) is 0 Å². The Morgan fingerprint density at radius 1 is 1.14 bits per heavy atom. The third-order valence-electron chi connectivity index (χ3n) is 2.77. The average molecular weight is 288 g/mol. The topological polar surface area (TPSA) is 68.3 Å². The van der Waals surface area contributed by atoms with Crippen LogP contribution in [-0.2, 0) is 11.3 Å². The maximum absolute atomic E-state index is 13.4. The van der Waals surface area contributed by atoms with E-state index < -0.39 is 17.7 Å². The largest absolute Gasteiger partial charge is 0.464 e. The van der Waals surface area contributed by atoms with Crippen molar-refractivity contribution in [2.75, 3.05) is 7.11 Å². The van der Waals surface area contributed by atoms with E-state index in [9.17, 15) is 14.0 Å². The van der Waals surface area contributed by atoms with Gasteiger partial charge in [-0.25, -0.2) is 14.2 Å². The van der Waals surface area contributed by atoms with Crippen LogP contribution in [0.4, 0.5) is 4.39 Å².